The fraction of sp³-hybridized carbons (Fsp3) is 0.778. The van der Waals surface area contributed by atoms with Crippen molar-refractivity contribution in [2.45, 2.75) is 108 Å². The highest BCUT2D eigenvalue weighted by molar-refractivity contribution is 6.73. The molecule has 0 heterocycles. The van der Waals surface area contributed by atoms with E-state index in [0.29, 0.717) is 19.0 Å². The van der Waals surface area contributed by atoms with Crippen LogP contribution >= 0.6 is 0 Å². The van der Waals surface area contributed by atoms with Crippen LogP contribution in [-0.4, -0.2) is 55.4 Å². The second kappa shape index (κ2) is 12.0. The molecule has 0 amide bonds. The predicted octanol–water partition coefficient (Wildman–Crippen LogP) is 7.88. The standard InChI is InChI=1S/C27H41F6NO2Si/c1-4-37(5-2,6-3)36-25(26(28,29)30,27(31,32)33)22-14-16-23(17-15-22)34(18-20-12-13-20)19-24(35)21-10-8-7-9-11-21/h7-11,20,22-24,35H,4-6,12-19H2,1-3H3. The van der Waals surface area contributed by atoms with E-state index in [9.17, 15) is 31.4 Å². The minimum Gasteiger partial charge on any atom is -0.396 e. The topological polar surface area (TPSA) is 32.7 Å². The Morgan fingerprint density at radius 3 is 1.81 bits per heavy atom. The molecule has 0 spiro atoms. The van der Waals surface area contributed by atoms with Gasteiger partial charge < -0.3 is 9.53 Å². The normalized spacial score (nSPS) is 22.9. The lowest BCUT2D eigenvalue weighted by atomic mass is 9.74. The zero-order valence-corrected chi connectivity index (χ0v) is 23.0. The van der Waals surface area contributed by atoms with Crippen LogP contribution in [0.3, 0.4) is 0 Å². The number of aliphatic hydroxyl groups is 1. The maximum Gasteiger partial charge on any atom is 0.425 e. The lowest BCUT2D eigenvalue weighted by molar-refractivity contribution is -0.380. The number of aliphatic hydroxyl groups excluding tert-OH is 1. The van der Waals surface area contributed by atoms with Crippen LogP contribution < -0.4 is 0 Å². The van der Waals surface area contributed by atoms with E-state index in [2.05, 4.69) is 4.90 Å². The molecule has 0 bridgehead atoms. The summed E-state index contributed by atoms with van der Waals surface area (Å²) in [5.74, 6) is -1.21. The third-order valence-electron chi connectivity index (χ3n) is 8.72. The summed E-state index contributed by atoms with van der Waals surface area (Å²) in [5, 5.41) is 10.8. The smallest absolute Gasteiger partial charge is 0.396 e. The first-order valence-electron chi connectivity index (χ1n) is 13.6. The van der Waals surface area contributed by atoms with Crippen LogP contribution in [0, 0.1) is 11.8 Å². The lowest BCUT2D eigenvalue weighted by Gasteiger charge is -2.50. The summed E-state index contributed by atoms with van der Waals surface area (Å²) in [5.41, 5.74) is -3.39. The van der Waals surface area contributed by atoms with Crippen molar-refractivity contribution >= 4 is 8.32 Å². The molecule has 2 fully saturated rings. The number of hydrogen-bond donors (Lipinski definition) is 1. The number of nitrogens with zero attached hydrogens (tertiary/aromatic N) is 1. The number of rotatable bonds is 12. The Bertz CT molecular complexity index is 811. The molecule has 3 rings (SSSR count). The molecule has 0 radical (unpaired) electrons. The summed E-state index contributed by atoms with van der Waals surface area (Å²) in [7, 11) is -3.25. The first-order chi connectivity index (χ1) is 17.3. The Balaban J connectivity index is 1.83. The van der Waals surface area contributed by atoms with Gasteiger partial charge in [0.15, 0.2) is 8.32 Å². The van der Waals surface area contributed by atoms with E-state index in [1.807, 2.05) is 30.3 Å². The van der Waals surface area contributed by atoms with Gasteiger partial charge >= 0.3 is 12.4 Å². The summed E-state index contributed by atoms with van der Waals surface area (Å²) < 4.78 is 92.6. The third kappa shape index (κ3) is 6.73. The van der Waals surface area contributed by atoms with E-state index in [0.717, 1.165) is 18.4 Å². The minimum atomic E-state index is -5.56. The molecule has 37 heavy (non-hydrogen) atoms. The Labute approximate surface area is 217 Å². The molecular formula is C27H41F6NO2Si. The Morgan fingerprint density at radius 1 is 0.865 bits per heavy atom. The molecule has 2 saturated carbocycles. The van der Waals surface area contributed by atoms with Gasteiger partial charge in [0.25, 0.3) is 5.60 Å². The molecule has 2 aliphatic rings. The summed E-state index contributed by atoms with van der Waals surface area (Å²) in [6.45, 7) is 5.94. The van der Waals surface area contributed by atoms with Crippen LogP contribution in [0.25, 0.3) is 0 Å². The molecule has 1 aromatic rings. The van der Waals surface area contributed by atoms with Crippen molar-refractivity contribution in [3.8, 4) is 0 Å². The molecule has 2 aliphatic carbocycles. The highest BCUT2D eigenvalue weighted by Gasteiger charge is 2.76. The average molecular weight is 554 g/mol. The van der Waals surface area contributed by atoms with E-state index < -0.39 is 38.3 Å². The highest BCUT2D eigenvalue weighted by atomic mass is 28.4. The Hall–Kier alpha value is -1.10. The van der Waals surface area contributed by atoms with E-state index in [4.69, 9.17) is 4.43 Å². The highest BCUT2D eigenvalue weighted by Crippen LogP contribution is 2.56. The summed E-state index contributed by atoms with van der Waals surface area (Å²) in [4.78, 5) is 2.10. The Kier molecular flexibility index (Phi) is 9.84. The molecule has 0 aromatic heterocycles. The van der Waals surface area contributed by atoms with Gasteiger partial charge in [0.05, 0.1) is 6.10 Å². The van der Waals surface area contributed by atoms with Gasteiger partial charge in [-0.05, 0) is 68.1 Å². The van der Waals surface area contributed by atoms with Crippen molar-refractivity contribution in [3.05, 3.63) is 35.9 Å². The van der Waals surface area contributed by atoms with Crippen molar-refractivity contribution in [2.75, 3.05) is 13.1 Å². The van der Waals surface area contributed by atoms with Gasteiger partial charge in [0, 0.05) is 25.0 Å². The van der Waals surface area contributed by atoms with Crippen molar-refractivity contribution in [3.63, 3.8) is 0 Å². The Morgan fingerprint density at radius 2 is 1.38 bits per heavy atom. The van der Waals surface area contributed by atoms with Crippen LogP contribution in [0.4, 0.5) is 26.3 Å². The van der Waals surface area contributed by atoms with Crippen molar-refractivity contribution in [1.82, 2.24) is 4.90 Å². The van der Waals surface area contributed by atoms with Crippen molar-refractivity contribution < 1.29 is 35.9 Å². The van der Waals surface area contributed by atoms with Crippen LogP contribution in [0.1, 0.15) is 71.0 Å². The van der Waals surface area contributed by atoms with E-state index in [1.165, 1.54) is 0 Å². The van der Waals surface area contributed by atoms with Crippen LogP contribution in [0.2, 0.25) is 18.1 Å². The van der Waals surface area contributed by atoms with E-state index in [-0.39, 0.29) is 49.9 Å². The zero-order chi connectivity index (χ0) is 27.5. The third-order valence-corrected chi connectivity index (χ3v) is 13.3. The van der Waals surface area contributed by atoms with Crippen LogP contribution in [-0.2, 0) is 4.43 Å². The molecule has 1 unspecified atom stereocenters. The van der Waals surface area contributed by atoms with Gasteiger partial charge in [-0.15, -0.1) is 0 Å². The van der Waals surface area contributed by atoms with Crippen LogP contribution in [0.15, 0.2) is 30.3 Å². The lowest BCUT2D eigenvalue weighted by Crippen LogP contribution is -2.68. The second-order valence-corrected chi connectivity index (χ2v) is 15.6. The van der Waals surface area contributed by atoms with E-state index in [1.54, 1.807) is 20.8 Å². The molecule has 1 N–H and O–H groups in total. The summed E-state index contributed by atoms with van der Waals surface area (Å²) >= 11 is 0. The molecule has 0 saturated heterocycles. The maximum atomic E-state index is 14.5. The fourth-order valence-corrected chi connectivity index (χ4v) is 9.00. The fourth-order valence-electron chi connectivity index (χ4n) is 5.99. The number of benzene rings is 1. The van der Waals surface area contributed by atoms with Crippen molar-refractivity contribution in [2.24, 2.45) is 11.8 Å². The van der Waals surface area contributed by atoms with Gasteiger partial charge in [0.2, 0.25) is 0 Å². The molecule has 1 atom stereocenters. The first kappa shape index (κ1) is 30.4. The number of halogens is 6. The number of alkyl halides is 6. The van der Waals surface area contributed by atoms with Gasteiger partial charge in [0.1, 0.15) is 0 Å². The van der Waals surface area contributed by atoms with Gasteiger partial charge in [-0.1, -0.05) is 51.1 Å². The van der Waals surface area contributed by atoms with Gasteiger partial charge in [-0.2, -0.15) is 26.3 Å². The zero-order valence-electron chi connectivity index (χ0n) is 22.0. The summed E-state index contributed by atoms with van der Waals surface area (Å²) in [6, 6.07) is 9.59. The molecule has 1 aromatic carbocycles. The van der Waals surface area contributed by atoms with Crippen LogP contribution in [0.5, 0.6) is 0 Å². The molecule has 10 heteroatoms. The van der Waals surface area contributed by atoms with E-state index >= 15 is 0 Å². The average Bonchev–Trinajstić information content (AvgIpc) is 3.68. The molecule has 212 valence electrons. The quantitative estimate of drug-likeness (QED) is 0.211. The largest absolute Gasteiger partial charge is 0.425 e. The van der Waals surface area contributed by atoms with Gasteiger partial charge in [-0.3, -0.25) is 4.90 Å². The maximum absolute atomic E-state index is 14.5. The molecule has 3 nitrogen and oxygen atoms in total. The molecular weight excluding hydrogens is 512 g/mol. The predicted molar refractivity (Wildman–Crippen MR) is 135 cm³/mol. The first-order valence-corrected chi connectivity index (χ1v) is 16.2. The van der Waals surface area contributed by atoms with Crippen molar-refractivity contribution in [1.29, 1.82) is 0 Å². The minimum absolute atomic E-state index is 0.167. The molecule has 0 aliphatic heterocycles. The summed E-state index contributed by atoms with van der Waals surface area (Å²) in [6.07, 6.45) is -9.76. The second-order valence-electron chi connectivity index (χ2n) is 10.9. The number of hydrogen-bond acceptors (Lipinski definition) is 3. The monoisotopic (exact) mass is 553 g/mol. The van der Waals surface area contributed by atoms with Gasteiger partial charge in [-0.25, -0.2) is 0 Å². The SMILES string of the molecule is CC[Si](CC)(CC)OC(C1CCC(N(CC2CC2)CC(O)c2ccccc2)CC1)(C(F)(F)F)C(F)(F)F.